The number of imidazole rings is 2. The molecule has 5 rings (SSSR count). The van der Waals surface area contributed by atoms with Gasteiger partial charge in [0.05, 0.1) is 30.0 Å². The Morgan fingerprint density at radius 2 is 2.00 bits per heavy atom. The molecule has 0 aliphatic heterocycles. The summed E-state index contributed by atoms with van der Waals surface area (Å²) in [6.07, 6.45) is 5.28. The number of rotatable bonds is 10. The predicted octanol–water partition coefficient (Wildman–Crippen LogP) is 3.09. The third kappa shape index (κ3) is 5.24. The average Bonchev–Trinajstić information content (AvgIpc) is 3.61. The number of aliphatic hydroxyl groups excluding tert-OH is 1. The standard InChI is InChI=1S/C27H29N7O3/c1-33-24-5-3-2-4-21(24)32-25(33)10-11-26(36)31-19-7-6-17-12-18(30-22(17)13-19)8-9-20(15-35)34-14-23(27(28)37)29-16-34/h2-7,12-14,16,20,30,35H,8-11,15H2,1H3,(H2,28,37)(H,31,36)/t20-/m1/s1. The number of nitrogens with two attached hydrogens (primary N) is 1. The molecule has 3 aromatic heterocycles. The summed E-state index contributed by atoms with van der Waals surface area (Å²) >= 11 is 0. The minimum absolute atomic E-state index is 0.0698. The van der Waals surface area contributed by atoms with E-state index in [2.05, 4.69) is 26.3 Å². The number of aliphatic hydroxyl groups is 1. The fourth-order valence-electron chi connectivity index (χ4n) is 4.59. The lowest BCUT2D eigenvalue weighted by atomic mass is 10.1. The Balaban J connectivity index is 1.19. The van der Waals surface area contributed by atoms with E-state index in [4.69, 9.17) is 5.73 Å². The van der Waals surface area contributed by atoms with Crippen LogP contribution in [0.4, 0.5) is 5.69 Å². The molecule has 0 unspecified atom stereocenters. The maximum absolute atomic E-state index is 12.6. The molecule has 2 amide bonds. The van der Waals surface area contributed by atoms with Crippen LogP contribution in [0.5, 0.6) is 0 Å². The number of benzene rings is 2. The van der Waals surface area contributed by atoms with Crippen LogP contribution in [0.2, 0.25) is 0 Å². The first-order chi connectivity index (χ1) is 17.9. The molecule has 10 heteroatoms. The zero-order valence-corrected chi connectivity index (χ0v) is 20.5. The van der Waals surface area contributed by atoms with Gasteiger partial charge in [-0.3, -0.25) is 9.59 Å². The number of nitrogens with zero attached hydrogens (tertiary/aromatic N) is 4. The van der Waals surface area contributed by atoms with Crippen LogP contribution in [-0.4, -0.2) is 47.6 Å². The van der Waals surface area contributed by atoms with Gasteiger partial charge in [-0.1, -0.05) is 18.2 Å². The second kappa shape index (κ2) is 10.3. The number of H-pyrrole nitrogens is 1. The number of nitrogens with one attached hydrogen (secondary N) is 2. The Morgan fingerprint density at radius 3 is 2.76 bits per heavy atom. The molecule has 0 aliphatic carbocycles. The van der Waals surface area contributed by atoms with Gasteiger partial charge in [-0.05, 0) is 48.6 Å². The molecule has 0 aliphatic rings. The van der Waals surface area contributed by atoms with Crippen LogP contribution in [0.3, 0.4) is 0 Å². The van der Waals surface area contributed by atoms with Crippen molar-refractivity contribution < 1.29 is 14.7 Å². The lowest BCUT2D eigenvalue weighted by molar-refractivity contribution is -0.116. The lowest BCUT2D eigenvalue weighted by Crippen LogP contribution is -2.14. The molecule has 5 N–H and O–H groups in total. The number of fused-ring (bicyclic) bond motifs is 2. The van der Waals surface area contributed by atoms with E-state index in [1.165, 1.54) is 6.33 Å². The van der Waals surface area contributed by atoms with E-state index in [1.807, 2.05) is 54.1 Å². The number of amides is 2. The van der Waals surface area contributed by atoms with Gasteiger partial charge < -0.3 is 30.3 Å². The van der Waals surface area contributed by atoms with Crippen LogP contribution >= 0.6 is 0 Å². The summed E-state index contributed by atoms with van der Waals surface area (Å²) in [6.45, 7) is -0.0841. The first-order valence-electron chi connectivity index (χ1n) is 12.2. The van der Waals surface area contributed by atoms with Crippen molar-refractivity contribution in [2.24, 2.45) is 12.8 Å². The van der Waals surface area contributed by atoms with Crippen LogP contribution in [0.15, 0.2) is 61.1 Å². The molecule has 3 heterocycles. The molecule has 1 atom stereocenters. The maximum atomic E-state index is 12.6. The van der Waals surface area contributed by atoms with Crippen molar-refractivity contribution in [1.29, 1.82) is 0 Å². The Morgan fingerprint density at radius 1 is 1.16 bits per heavy atom. The van der Waals surface area contributed by atoms with Crippen LogP contribution in [0, 0.1) is 0 Å². The number of primary amides is 1. The predicted molar refractivity (Wildman–Crippen MR) is 141 cm³/mol. The molecule has 0 saturated carbocycles. The van der Waals surface area contributed by atoms with Crippen molar-refractivity contribution in [1.82, 2.24) is 24.1 Å². The molecule has 37 heavy (non-hydrogen) atoms. The molecular weight excluding hydrogens is 470 g/mol. The van der Waals surface area contributed by atoms with Gasteiger partial charge in [0.15, 0.2) is 0 Å². The minimum Gasteiger partial charge on any atom is -0.394 e. The number of aromatic amines is 1. The summed E-state index contributed by atoms with van der Waals surface area (Å²) in [5.41, 5.74) is 10.1. The van der Waals surface area contributed by atoms with E-state index >= 15 is 0 Å². The van der Waals surface area contributed by atoms with Crippen LogP contribution in [-0.2, 0) is 24.7 Å². The molecule has 5 aromatic rings. The molecule has 2 aromatic carbocycles. The molecule has 0 spiro atoms. The van der Waals surface area contributed by atoms with E-state index in [0.717, 1.165) is 39.1 Å². The van der Waals surface area contributed by atoms with Crippen LogP contribution in [0.25, 0.3) is 21.9 Å². The monoisotopic (exact) mass is 499 g/mol. The van der Waals surface area contributed by atoms with Crippen molar-refractivity contribution in [2.75, 3.05) is 11.9 Å². The molecule has 0 bridgehead atoms. The summed E-state index contributed by atoms with van der Waals surface area (Å²) in [5.74, 6) is 0.210. The number of hydrogen-bond acceptors (Lipinski definition) is 5. The number of para-hydroxylation sites is 2. The van der Waals surface area contributed by atoms with E-state index in [1.54, 1.807) is 10.8 Å². The number of carbonyl (C=O) groups is 2. The highest BCUT2D eigenvalue weighted by Gasteiger charge is 2.14. The third-order valence-corrected chi connectivity index (χ3v) is 6.65. The molecule has 0 fully saturated rings. The number of aromatic nitrogens is 5. The lowest BCUT2D eigenvalue weighted by Gasteiger charge is -2.14. The second-order valence-electron chi connectivity index (χ2n) is 9.17. The zero-order chi connectivity index (χ0) is 25.9. The fourth-order valence-corrected chi connectivity index (χ4v) is 4.59. The van der Waals surface area contributed by atoms with E-state index < -0.39 is 5.91 Å². The number of anilines is 1. The quantitative estimate of drug-likeness (QED) is 0.233. The number of carbonyl (C=O) groups excluding carboxylic acids is 2. The Hall–Kier alpha value is -4.44. The summed E-state index contributed by atoms with van der Waals surface area (Å²) in [5, 5.41) is 13.8. The largest absolute Gasteiger partial charge is 0.394 e. The van der Waals surface area contributed by atoms with Crippen molar-refractivity contribution in [3.8, 4) is 0 Å². The summed E-state index contributed by atoms with van der Waals surface area (Å²) < 4.78 is 3.74. The average molecular weight is 500 g/mol. The first kappa shape index (κ1) is 24.3. The number of hydrogen-bond donors (Lipinski definition) is 4. The first-order valence-corrected chi connectivity index (χ1v) is 12.2. The van der Waals surface area contributed by atoms with Gasteiger partial charge in [0.1, 0.15) is 11.5 Å². The van der Waals surface area contributed by atoms with Gasteiger partial charge in [-0.25, -0.2) is 9.97 Å². The Bertz CT molecular complexity index is 1580. The van der Waals surface area contributed by atoms with Crippen LogP contribution in [0.1, 0.15) is 40.9 Å². The normalized spacial score (nSPS) is 12.3. The summed E-state index contributed by atoms with van der Waals surface area (Å²) in [4.78, 5) is 35.9. The topological polar surface area (TPSA) is 144 Å². The van der Waals surface area contributed by atoms with Crippen LogP contribution < -0.4 is 11.1 Å². The SMILES string of the molecule is Cn1c(CCC(=O)Nc2ccc3cc(CC[C@H](CO)n4cnc(C(N)=O)c4)[nH]c3c2)nc2ccccc21. The number of aryl methyl sites for hydroxylation is 3. The van der Waals surface area contributed by atoms with Crippen molar-refractivity contribution in [3.63, 3.8) is 0 Å². The van der Waals surface area contributed by atoms with E-state index in [-0.39, 0.29) is 24.2 Å². The summed E-state index contributed by atoms with van der Waals surface area (Å²) in [7, 11) is 1.97. The summed E-state index contributed by atoms with van der Waals surface area (Å²) in [6, 6.07) is 15.5. The Labute approximate surface area is 213 Å². The molecule has 10 nitrogen and oxygen atoms in total. The fraction of sp³-hybridized carbons (Fsp3) is 0.259. The molecule has 0 saturated heterocycles. The van der Waals surface area contributed by atoms with Gasteiger partial charge >= 0.3 is 0 Å². The molecular formula is C27H29N7O3. The van der Waals surface area contributed by atoms with Gasteiger partial charge in [0, 0.05) is 43.0 Å². The second-order valence-corrected chi connectivity index (χ2v) is 9.17. The van der Waals surface area contributed by atoms with Gasteiger partial charge in [-0.2, -0.15) is 0 Å². The maximum Gasteiger partial charge on any atom is 0.268 e. The van der Waals surface area contributed by atoms with Crippen molar-refractivity contribution >= 4 is 39.4 Å². The highest BCUT2D eigenvalue weighted by molar-refractivity contribution is 5.94. The van der Waals surface area contributed by atoms with Crippen molar-refractivity contribution in [3.05, 3.63) is 78.3 Å². The minimum atomic E-state index is -0.598. The third-order valence-electron chi connectivity index (χ3n) is 6.65. The van der Waals surface area contributed by atoms with Gasteiger partial charge in [0.2, 0.25) is 5.91 Å². The van der Waals surface area contributed by atoms with Gasteiger partial charge in [0.25, 0.3) is 5.91 Å². The van der Waals surface area contributed by atoms with Gasteiger partial charge in [-0.15, -0.1) is 0 Å². The smallest absolute Gasteiger partial charge is 0.268 e. The zero-order valence-electron chi connectivity index (χ0n) is 20.5. The highest BCUT2D eigenvalue weighted by Crippen LogP contribution is 2.23. The van der Waals surface area contributed by atoms with E-state index in [0.29, 0.717) is 25.7 Å². The molecule has 0 radical (unpaired) electrons. The highest BCUT2D eigenvalue weighted by atomic mass is 16.3. The Kier molecular flexibility index (Phi) is 6.74. The van der Waals surface area contributed by atoms with Crippen molar-refractivity contribution in [2.45, 2.75) is 31.7 Å². The van der Waals surface area contributed by atoms with E-state index in [9.17, 15) is 14.7 Å². The molecule has 190 valence electrons.